The van der Waals surface area contributed by atoms with Crippen LogP contribution < -0.4 is 0 Å². The summed E-state index contributed by atoms with van der Waals surface area (Å²) in [5, 5.41) is 0.885. The average molecular weight is 381 g/mol. The van der Waals surface area contributed by atoms with Crippen molar-refractivity contribution in [2.45, 2.75) is 13.8 Å². The zero-order valence-corrected chi connectivity index (χ0v) is 15.7. The minimum Gasteiger partial charge on any atom is -0.251 e. The standard InChI is InChI=1S/C20H14Cl2N4/c1-11-5-3-7-15(23-11)19-20(16-8-4-6-12(2)24-16)26-18-10-14(22)13(21)9-17(18)25-19/h3-10H,1-2H3. The molecule has 3 heterocycles. The summed E-state index contributed by atoms with van der Waals surface area (Å²) in [5.74, 6) is 0. The van der Waals surface area contributed by atoms with Crippen molar-refractivity contribution in [3.63, 3.8) is 0 Å². The van der Waals surface area contributed by atoms with E-state index in [0.29, 0.717) is 32.5 Å². The van der Waals surface area contributed by atoms with E-state index in [4.69, 9.17) is 33.2 Å². The maximum Gasteiger partial charge on any atom is 0.117 e. The van der Waals surface area contributed by atoms with Gasteiger partial charge in [-0.3, -0.25) is 9.97 Å². The zero-order valence-electron chi connectivity index (χ0n) is 14.2. The summed E-state index contributed by atoms with van der Waals surface area (Å²) in [6.07, 6.45) is 0. The van der Waals surface area contributed by atoms with Gasteiger partial charge >= 0.3 is 0 Å². The number of nitrogens with zero attached hydrogens (tertiary/aromatic N) is 4. The van der Waals surface area contributed by atoms with Crippen molar-refractivity contribution in [1.82, 2.24) is 19.9 Å². The van der Waals surface area contributed by atoms with Crippen molar-refractivity contribution in [2.24, 2.45) is 0 Å². The quantitative estimate of drug-likeness (QED) is 0.448. The first kappa shape index (κ1) is 16.9. The van der Waals surface area contributed by atoms with Gasteiger partial charge in [0.1, 0.15) is 11.4 Å². The summed E-state index contributed by atoms with van der Waals surface area (Å²) in [6.45, 7) is 3.89. The topological polar surface area (TPSA) is 51.6 Å². The molecule has 0 unspecified atom stereocenters. The summed E-state index contributed by atoms with van der Waals surface area (Å²) < 4.78 is 0. The van der Waals surface area contributed by atoms with Crippen molar-refractivity contribution in [3.8, 4) is 22.8 Å². The maximum atomic E-state index is 6.16. The molecule has 0 amide bonds. The summed E-state index contributed by atoms with van der Waals surface area (Å²) in [5.41, 5.74) is 5.94. The fourth-order valence-electron chi connectivity index (χ4n) is 2.76. The van der Waals surface area contributed by atoms with Crippen molar-refractivity contribution in [1.29, 1.82) is 0 Å². The molecule has 0 N–H and O–H groups in total. The lowest BCUT2D eigenvalue weighted by Gasteiger charge is -2.11. The third-order valence-electron chi connectivity index (χ3n) is 3.97. The Balaban J connectivity index is 2.06. The van der Waals surface area contributed by atoms with E-state index in [-0.39, 0.29) is 0 Å². The van der Waals surface area contributed by atoms with Crippen LogP contribution >= 0.6 is 23.2 Å². The van der Waals surface area contributed by atoms with Gasteiger partial charge in [0.2, 0.25) is 0 Å². The average Bonchev–Trinajstić information content (AvgIpc) is 2.62. The lowest BCUT2D eigenvalue weighted by Crippen LogP contribution is -1.99. The molecular formula is C20H14Cl2N4. The van der Waals surface area contributed by atoms with Gasteiger partial charge in [-0.15, -0.1) is 0 Å². The van der Waals surface area contributed by atoms with Gasteiger partial charge in [0, 0.05) is 11.4 Å². The molecule has 26 heavy (non-hydrogen) atoms. The summed E-state index contributed by atoms with van der Waals surface area (Å²) in [6, 6.07) is 15.1. The highest BCUT2D eigenvalue weighted by atomic mass is 35.5. The highest BCUT2D eigenvalue weighted by Crippen LogP contribution is 2.32. The second-order valence-electron chi connectivity index (χ2n) is 6.00. The zero-order chi connectivity index (χ0) is 18.3. The number of aryl methyl sites for hydroxylation is 2. The number of aromatic nitrogens is 4. The fraction of sp³-hybridized carbons (Fsp3) is 0.100. The second kappa shape index (κ2) is 6.63. The predicted molar refractivity (Wildman–Crippen MR) is 105 cm³/mol. The van der Waals surface area contributed by atoms with Crippen LogP contribution in [0.25, 0.3) is 33.8 Å². The Kier molecular flexibility index (Phi) is 4.31. The molecule has 0 aliphatic heterocycles. The van der Waals surface area contributed by atoms with Gasteiger partial charge < -0.3 is 0 Å². The Morgan fingerprint density at radius 1 is 0.615 bits per heavy atom. The molecule has 0 radical (unpaired) electrons. The molecule has 6 heteroatoms. The van der Waals surface area contributed by atoms with Crippen molar-refractivity contribution in [2.75, 3.05) is 0 Å². The van der Waals surface area contributed by atoms with E-state index in [1.54, 1.807) is 12.1 Å². The third kappa shape index (κ3) is 3.14. The largest absolute Gasteiger partial charge is 0.251 e. The van der Waals surface area contributed by atoms with E-state index in [1.807, 2.05) is 50.2 Å². The van der Waals surface area contributed by atoms with Crippen LogP contribution in [0.1, 0.15) is 11.4 Å². The van der Waals surface area contributed by atoms with E-state index < -0.39 is 0 Å². The van der Waals surface area contributed by atoms with Gasteiger partial charge in [0.15, 0.2) is 0 Å². The highest BCUT2D eigenvalue weighted by molar-refractivity contribution is 6.42. The Labute approximate surface area is 160 Å². The van der Waals surface area contributed by atoms with Gasteiger partial charge in [-0.1, -0.05) is 35.3 Å². The van der Waals surface area contributed by atoms with Gasteiger partial charge in [0.05, 0.1) is 32.5 Å². The van der Waals surface area contributed by atoms with Crippen molar-refractivity contribution in [3.05, 3.63) is 70.0 Å². The number of fused-ring (bicyclic) bond motifs is 1. The van der Waals surface area contributed by atoms with Gasteiger partial charge in [-0.05, 0) is 50.2 Å². The van der Waals surface area contributed by atoms with Crippen molar-refractivity contribution < 1.29 is 0 Å². The molecule has 4 aromatic rings. The molecule has 128 valence electrons. The van der Waals surface area contributed by atoms with Gasteiger partial charge in [-0.25, -0.2) is 9.97 Å². The molecule has 0 saturated carbocycles. The molecule has 3 aromatic heterocycles. The SMILES string of the molecule is Cc1cccc(-c2nc3cc(Cl)c(Cl)cc3nc2-c2cccc(C)n2)n1. The first-order chi connectivity index (χ1) is 12.5. The van der Waals surface area contributed by atoms with Crippen LogP contribution in [0.2, 0.25) is 10.0 Å². The molecule has 0 atom stereocenters. The molecule has 0 aliphatic carbocycles. The maximum absolute atomic E-state index is 6.16. The molecule has 1 aromatic carbocycles. The van der Waals surface area contributed by atoms with E-state index >= 15 is 0 Å². The van der Waals surface area contributed by atoms with Crippen LogP contribution in [0.4, 0.5) is 0 Å². The molecule has 0 saturated heterocycles. The van der Waals surface area contributed by atoms with E-state index in [0.717, 1.165) is 22.8 Å². The van der Waals surface area contributed by atoms with Crippen LogP contribution in [-0.4, -0.2) is 19.9 Å². The van der Waals surface area contributed by atoms with Crippen LogP contribution in [0, 0.1) is 13.8 Å². The summed E-state index contributed by atoms with van der Waals surface area (Å²) >= 11 is 12.3. The first-order valence-electron chi connectivity index (χ1n) is 8.06. The van der Waals surface area contributed by atoms with E-state index in [1.165, 1.54) is 0 Å². The summed E-state index contributed by atoms with van der Waals surface area (Å²) in [7, 11) is 0. The number of hydrogen-bond acceptors (Lipinski definition) is 4. The minimum atomic E-state index is 0.443. The Morgan fingerprint density at radius 2 is 1.04 bits per heavy atom. The number of pyridine rings is 2. The van der Waals surface area contributed by atoms with Crippen LogP contribution in [0.5, 0.6) is 0 Å². The van der Waals surface area contributed by atoms with Crippen LogP contribution in [-0.2, 0) is 0 Å². The third-order valence-corrected chi connectivity index (χ3v) is 4.69. The Morgan fingerprint density at radius 3 is 1.42 bits per heavy atom. The monoisotopic (exact) mass is 380 g/mol. The normalized spacial score (nSPS) is 11.1. The number of halogens is 2. The lowest BCUT2D eigenvalue weighted by atomic mass is 10.1. The molecule has 0 fully saturated rings. The highest BCUT2D eigenvalue weighted by Gasteiger charge is 2.16. The van der Waals surface area contributed by atoms with Crippen LogP contribution in [0.15, 0.2) is 48.5 Å². The predicted octanol–water partition coefficient (Wildman–Crippen LogP) is 5.68. The van der Waals surface area contributed by atoms with Crippen molar-refractivity contribution >= 4 is 34.2 Å². The summed E-state index contributed by atoms with van der Waals surface area (Å²) in [4.78, 5) is 18.8. The first-order valence-corrected chi connectivity index (χ1v) is 8.82. The Hall–Kier alpha value is -2.56. The smallest absolute Gasteiger partial charge is 0.117 e. The molecular weight excluding hydrogens is 367 g/mol. The fourth-order valence-corrected chi connectivity index (χ4v) is 3.07. The van der Waals surface area contributed by atoms with Gasteiger partial charge in [-0.2, -0.15) is 0 Å². The molecule has 4 rings (SSSR count). The van der Waals surface area contributed by atoms with Gasteiger partial charge in [0.25, 0.3) is 0 Å². The molecule has 0 aliphatic rings. The molecule has 0 bridgehead atoms. The second-order valence-corrected chi connectivity index (χ2v) is 6.82. The lowest BCUT2D eigenvalue weighted by molar-refractivity contribution is 1.15. The van der Waals surface area contributed by atoms with E-state index in [9.17, 15) is 0 Å². The number of hydrogen-bond donors (Lipinski definition) is 0. The Bertz CT molecular complexity index is 1050. The minimum absolute atomic E-state index is 0.443. The number of rotatable bonds is 2. The molecule has 0 spiro atoms. The molecule has 4 nitrogen and oxygen atoms in total. The van der Waals surface area contributed by atoms with Crippen LogP contribution in [0.3, 0.4) is 0 Å². The number of benzene rings is 1. The van der Waals surface area contributed by atoms with E-state index in [2.05, 4.69) is 9.97 Å².